The molecule has 0 bridgehead atoms. The summed E-state index contributed by atoms with van der Waals surface area (Å²) in [6, 6.07) is 0. The second kappa shape index (κ2) is 2.19. The summed E-state index contributed by atoms with van der Waals surface area (Å²) >= 11 is 0. The van der Waals surface area contributed by atoms with Crippen molar-refractivity contribution in [3.05, 3.63) is 0 Å². The summed E-state index contributed by atoms with van der Waals surface area (Å²) in [4.78, 5) is 0. The Morgan fingerprint density at radius 1 is 1.18 bits per heavy atom. The second-order valence-corrected chi connectivity index (χ2v) is 4.29. The molecule has 2 aliphatic heterocycles. The molecule has 3 nitrogen and oxygen atoms in total. The largest absolute Gasteiger partial charge is 0.372 e. The number of rotatable bonds is 0. The molecule has 0 aliphatic carbocycles. The standard InChI is InChI=1S/C8H15NO2/c1-7(2)3-9-8(11-4-7)5-10-6-8/h9H,3-6H2,1-2H3. The van der Waals surface area contributed by atoms with E-state index < -0.39 is 0 Å². The van der Waals surface area contributed by atoms with Crippen molar-refractivity contribution in [1.29, 1.82) is 0 Å². The van der Waals surface area contributed by atoms with Gasteiger partial charge in [-0.25, -0.2) is 0 Å². The molecule has 11 heavy (non-hydrogen) atoms. The Labute approximate surface area is 67.1 Å². The van der Waals surface area contributed by atoms with Crippen LogP contribution in [0.2, 0.25) is 0 Å². The van der Waals surface area contributed by atoms with Gasteiger partial charge in [0.15, 0.2) is 5.72 Å². The molecule has 0 aromatic heterocycles. The zero-order chi connectivity index (χ0) is 7.95. The van der Waals surface area contributed by atoms with Crippen LogP contribution in [-0.4, -0.2) is 32.1 Å². The maximum Gasteiger partial charge on any atom is 0.166 e. The number of hydrogen-bond donors (Lipinski definition) is 1. The average molecular weight is 157 g/mol. The number of ether oxygens (including phenoxy) is 2. The monoisotopic (exact) mass is 157 g/mol. The highest BCUT2D eigenvalue weighted by Crippen LogP contribution is 2.28. The molecule has 2 aliphatic rings. The highest BCUT2D eigenvalue weighted by Gasteiger charge is 2.44. The van der Waals surface area contributed by atoms with Crippen molar-refractivity contribution in [2.75, 3.05) is 26.4 Å². The SMILES string of the molecule is CC1(C)CNC2(COC2)OC1. The van der Waals surface area contributed by atoms with Gasteiger partial charge in [0.2, 0.25) is 0 Å². The molecule has 1 spiro atoms. The molecule has 64 valence electrons. The molecule has 0 aromatic carbocycles. The Bertz CT molecular complexity index is 151. The van der Waals surface area contributed by atoms with Gasteiger partial charge in [-0.2, -0.15) is 0 Å². The third-order valence-electron chi connectivity index (χ3n) is 2.30. The Hall–Kier alpha value is -0.120. The average Bonchev–Trinajstić information content (AvgIpc) is 1.84. The summed E-state index contributed by atoms with van der Waals surface area (Å²) < 4.78 is 10.8. The predicted molar refractivity (Wildman–Crippen MR) is 41.3 cm³/mol. The molecule has 2 rings (SSSR count). The first-order valence-corrected chi connectivity index (χ1v) is 4.09. The topological polar surface area (TPSA) is 30.5 Å². The fourth-order valence-electron chi connectivity index (χ4n) is 1.31. The quantitative estimate of drug-likeness (QED) is 0.550. The van der Waals surface area contributed by atoms with E-state index in [0.717, 1.165) is 13.2 Å². The Morgan fingerprint density at radius 3 is 2.27 bits per heavy atom. The molecule has 0 unspecified atom stereocenters. The molecule has 0 radical (unpaired) electrons. The molecule has 0 aromatic rings. The summed E-state index contributed by atoms with van der Waals surface area (Å²) in [5.41, 5.74) is 0.163. The molecular weight excluding hydrogens is 142 g/mol. The van der Waals surface area contributed by atoms with E-state index in [4.69, 9.17) is 9.47 Å². The first kappa shape index (κ1) is 7.53. The van der Waals surface area contributed by atoms with Gasteiger partial charge >= 0.3 is 0 Å². The van der Waals surface area contributed by atoms with Gasteiger partial charge in [-0.15, -0.1) is 0 Å². The van der Waals surface area contributed by atoms with Gasteiger partial charge in [-0.1, -0.05) is 13.8 Å². The number of hydrogen-bond acceptors (Lipinski definition) is 3. The van der Waals surface area contributed by atoms with Crippen molar-refractivity contribution in [2.45, 2.75) is 19.6 Å². The van der Waals surface area contributed by atoms with Crippen LogP contribution >= 0.6 is 0 Å². The second-order valence-electron chi connectivity index (χ2n) is 4.29. The van der Waals surface area contributed by atoms with Crippen LogP contribution in [0.5, 0.6) is 0 Å². The van der Waals surface area contributed by atoms with E-state index >= 15 is 0 Å². The van der Waals surface area contributed by atoms with Crippen LogP contribution in [0.25, 0.3) is 0 Å². The molecule has 1 N–H and O–H groups in total. The van der Waals surface area contributed by atoms with Gasteiger partial charge in [-0.3, -0.25) is 5.32 Å². The van der Waals surface area contributed by atoms with E-state index in [1.54, 1.807) is 0 Å². The minimum absolute atomic E-state index is 0.116. The molecule has 0 atom stereocenters. The summed E-state index contributed by atoms with van der Waals surface area (Å²) in [6.45, 7) is 7.69. The maximum absolute atomic E-state index is 5.68. The summed E-state index contributed by atoms with van der Waals surface area (Å²) in [5.74, 6) is 0. The van der Waals surface area contributed by atoms with Crippen molar-refractivity contribution in [3.63, 3.8) is 0 Å². The van der Waals surface area contributed by atoms with E-state index in [0.29, 0.717) is 13.2 Å². The van der Waals surface area contributed by atoms with Crippen LogP contribution in [0, 0.1) is 5.41 Å². The molecule has 3 heteroatoms. The molecule has 0 amide bonds. The zero-order valence-electron chi connectivity index (χ0n) is 7.14. The lowest BCUT2D eigenvalue weighted by Gasteiger charge is -2.48. The zero-order valence-corrected chi connectivity index (χ0v) is 7.14. The van der Waals surface area contributed by atoms with Crippen LogP contribution in [0.3, 0.4) is 0 Å². The van der Waals surface area contributed by atoms with Gasteiger partial charge in [0.25, 0.3) is 0 Å². The minimum Gasteiger partial charge on any atom is -0.372 e. The smallest absolute Gasteiger partial charge is 0.166 e. The first-order chi connectivity index (χ1) is 5.12. The van der Waals surface area contributed by atoms with E-state index in [9.17, 15) is 0 Å². The van der Waals surface area contributed by atoms with Crippen molar-refractivity contribution in [1.82, 2.24) is 5.32 Å². The Morgan fingerprint density at radius 2 is 1.91 bits per heavy atom. The summed E-state index contributed by atoms with van der Waals surface area (Å²) in [7, 11) is 0. The van der Waals surface area contributed by atoms with E-state index in [1.807, 2.05) is 0 Å². The van der Waals surface area contributed by atoms with Gasteiger partial charge < -0.3 is 9.47 Å². The predicted octanol–water partition coefficient (Wildman–Crippen LogP) is 0.359. The van der Waals surface area contributed by atoms with E-state index in [1.165, 1.54) is 0 Å². The fourth-order valence-corrected chi connectivity index (χ4v) is 1.31. The van der Waals surface area contributed by atoms with Crippen molar-refractivity contribution in [2.24, 2.45) is 5.41 Å². The van der Waals surface area contributed by atoms with Crippen LogP contribution in [0.4, 0.5) is 0 Å². The van der Waals surface area contributed by atoms with Crippen LogP contribution in [0.15, 0.2) is 0 Å². The van der Waals surface area contributed by atoms with Gasteiger partial charge in [-0.05, 0) is 0 Å². The lowest BCUT2D eigenvalue weighted by Crippen LogP contribution is -2.67. The molecule has 0 saturated carbocycles. The van der Waals surface area contributed by atoms with Crippen molar-refractivity contribution < 1.29 is 9.47 Å². The van der Waals surface area contributed by atoms with Crippen LogP contribution in [-0.2, 0) is 9.47 Å². The Balaban J connectivity index is 1.94. The van der Waals surface area contributed by atoms with Gasteiger partial charge in [0.1, 0.15) is 0 Å². The summed E-state index contributed by atoms with van der Waals surface area (Å²) in [5, 5.41) is 3.38. The fraction of sp³-hybridized carbons (Fsp3) is 1.00. The third kappa shape index (κ3) is 1.28. The normalized spacial score (nSPS) is 33.3. The van der Waals surface area contributed by atoms with E-state index in [2.05, 4.69) is 19.2 Å². The highest BCUT2D eigenvalue weighted by molar-refractivity contribution is 4.91. The lowest BCUT2D eigenvalue weighted by atomic mass is 9.91. The van der Waals surface area contributed by atoms with E-state index in [-0.39, 0.29) is 11.1 Å². The first-order valence-electron chi connectivity index (χ1n) is 4.09. The van der Waals surface area contributed by atoms with Crippen molar-refractivity contribution in [3.8, 4) is 0 Å². The Kier molecular flexibility index (Phi) is 1.50. The molecule has 2 fully saturated rings. The lowest BCUT2D eigenvalue weighted by molar-refractivity contribution is -0.256. The van der Waals surface area contributed by atoms with Gasteiger partial charge in [0.05, 0.1) is 19.8 Å². The molecular formula is C8H15NO2. The minimum atomic E-state index is -0.116. The highest BCUT2D eigenvalue weighted by atomic mass is 16.6. The molecule has 2 heterocycles. The third-order valence-corrected chi connectivity index (χ3v) is 2.30. The summed E-state index contributed by atoms with van der Waals surface area (Å²) in [6.07, 6.45) is 0. The van der Waals surface area contributed by atoms with Gasteiger partial charge in [0, 0.05) is 12.0 Å². The maximum atomic E-state index is 5.68. The number of nitrogens with one attached hydrogen (secondary N) is 1. The van der Waals surface area contributed by atoms with Crippen LogP contribution < -0.4 is 5.32 Å². The van der Waals surface area contributed by atoms with Crippen LogP contribution in [0.1, 0.15) is 13.8 Å². The van der Waals surface area contributed by atoms with Crippen molar-refractivity contribution >= 4 is 0 Å². The molecule has 2 saturated heterocycles.